The highest BCUT2D eigenvalue weighted by Gasteiger charge is 2.43. The molecule has 0 heterocycles. The number of halogens is 4. The molecule has 0 amide bonds. The van der Waals surface area contributed by atoms with Gasteiger partial charge in [0.15, 0.2) is 0 Å². The summed E-state index contributed by atoms with van der Waals surface area (Å²) in [6.45, 7) is -1.01. The second kappa shape index (κ2) is 6.07. The monoisotopic (exact) mass is 355 g/mol. The first-order chi connectivity index (χ1) is 9.14. The Hall–Kier alpha value is -1.84. The largest absolute Gasteiger partial charge is 0.485 e. The number of amidine groups is 1. The zero-order valence-electron chi connectivity index (χ0n) is 9.78. The van der Waals surface area contributed by atoms with E-state index < -0.39 is 35.1 Å². The van der Waals surface area contributed by atoms with Crippen LogP contribution in [0, 0.1) is 21.4 Å². The Morgan fingerprint density at radius 2 is 2.15 bits per heavy atom. The van der Waals surface area contributed by atoms with E-state index in [4.69, 9.17) is 15.9 Å². The van der Waals surface area contributed by atoms with Gasteiger partial charge in [0.1, 0.15) is 18.4 Å². The smallest absolute Gasteiger partial charge is 0.401 e. The Kier molecular flexibility index (Phi) is 4.93. The van der Waals surface area contributed by atoms with Gasteiger partial charge in [-0.2, -0.15) is 13.2 Å². The van der Waals surface area contributed by atoms with Crippen LogP contribution in [0.2, 0.25) is 0 Å². The molecule has 0 aliphatic rings. The Balaban J connectivity index is 3.00. The van der Waals surface area contributed by atoms with Crippen LogP contribution in [0.15, 0.2) is 22.7 Å². The van der Waals surface area contributed by atoms with E-state index in [2.05, 4.69) is 15.9 Å². The quantitative estimate of drug-likeness (QED) is 0.367. The second-order valence-corrected chi connectivity index (χ2v) is 4.56. The van der Waals surface area contributed by atoms with Crippen molar-refractivity contribution in [3.05, 3.63) is 32.8 Å². The van der Waals surface area contributed by atoms with E-state index in [-0.39, 0.29) is 10.2 Å². The molecule has 0 aliphatic carbocycles. The highest BCUT2D eigenvalue weighted by atomic mass is 79.9. The number of alkyl halides is 3. The molecule has 1 unspecified atom stereocenters. The van der Waals surface area contributed by atoms with Crippen LogP contribution in [0.5, 0.6) is 5.75 Å². The fraction of sp³-hybridized carbons (Fsp3) is 0.300. The molecule has 1 rings (SSSR count). The van der Waals surface area contributed by atoms with Crippen molar-refractivity contribution in [2.45, 2.75) is 6.18 Å². The van der Waals surface area contributed by atoms with Crippen LogP contribution in [0.1, 0.15) is 0 Å². The minimum Gasteiger partial charge on any atom is -0.485 e. The van der Waals surface area contributed by atoms with Gasteiger partial charge in [-0.3, -0.25) is 15.5 Å². The van der Waals surface area contributed by atoms with E-state index in [0.717, 1.165) is 6.07 Å². The molecule has 110 valence electrons. The van der Waals surface area contributed by atoms with Crippen LogP contribution in [0.4, 0.5) is 18.9 Å². The molecule has 0 spiro atoms. The lowest BCUT2D eigenvalue weighted by atomic mass is 10.1. The molecule has 0 bridgehead atoms. The van der Waals surface area contributed by atoms with Crippen LogP contribution in [-0.2, 0) is 0 Å². The summed E-state index contributed by atoms with van der Waals surface area (Å²) in [6, 6.07) is 3.83. The summed E-state index contributed by atoms with van der Waals surface area (Å²) in [5.74, 6) is -3.78. The van der Waals surface area contributed by atoms with Gasteiger partial charge >= 0.3 is 11.9 Å². The van der Waals surface area contributed by atoms with Gasteiger partial charge in [-0.1, -0.05) is 6.07 Å². The topological polar surface area (TPSA) is 102 Å². The van der Waals surface area contributed by atoms with Crippen molar-refractivity contribution < 1.29 is 22.8 Å². The summed E-state index contributed by atoms with van der Waals surface area (Å²) in [7, 11) is 0. The Labute approximate surface area is 119 Å². The molecule has 0 aromatic heterocycles. The fourth-order valence-corrected chi connectivity index (χ4v) is 1.78. The standard InChI is InChI=1S/C10H9BrF3N3O3/c11-6-2-1-3-7(17(18)19)8(6)20-4-5(9(15)16)10(12,13)14/h1-3,5H,4H2,(H3,15,16). The van der Waals surface area contributed by atoms with Gasteiger partial charge < -0.3 is 10.5 Å². The average Bonchev–Trinajstić information content (AvgIpc) is 2.28. The Bertz CT molecular complexity index is 536. The van der Waals surface area contributed by atoms with Gasteiger partial charge in [-0.25, -0.2) is 0 Å². The van der Waals surface area contributed by atoms with E-state index in [1.165, 1.54) is 12.1 Å². The van der Waals surface area contributed by atoms with Crippen LogP contribution >= 0.6 is 15.9 Å². The predicted octanol–water partition coefficient (Wildman–Crippen LogP) is 2.85. The van der Waals surface area contributed by atoms with Gasteiger partial charge in [0.2, 0.25) is 5.75 Å². The zero-order chi connectivity index (χ0) is 15.5. The number of benzene rings is 1. The lowest BCUT2D eigenvalue weighted by Crippen LogP contribution is -2.39. The number of rotatable bonds is 5. The molecular weight excluding hydrogens is 347 g/mol. The number of para-hydroxylation sites is 1. The number of nitro benzene ring substituents is 1. The molecule has 0 radical (unpaired) electrons. The average molecular weight is 356 g/mol. The maximum Gasteiger partial charge on any atom is 0.401 e. The van der Waals surface area contributed by atoms with Gasteiger partial charge in [-0.15, -0.1) is 0 Å². The SMILES string of the molecule is N=C(N)C(COc1c(Br)cccc1[N+](=O)[O-])C(F)(F)F. The highest BCUT2D eigenvalue weighted by Crippen LogP contribution is 2.36. The van der Waals surface area contributed by atoms with E-state index in [1.807, 2.05) is 0 Å². The van der Waals surface area contributed by atoms with Gasteiger partial charge in [-0.05, 0) is 22.0 Å². The molecule has 0 fully saturated rings. The van der Waals surface area contributed by atoms with Crippen molar-refractivity contribution >= 4 is 27.5 Å². The zero-order valence-corrected chi connectivity index (χ0v) is 11.4. The first-order valence-electron chi connectivity index (χ1n) is 5.11. The minimum absolute atomic E-state index is 0.135. The molecular formula is C10H9BrF3N3O3. The van der Waals surface area contributed by atoms with E-state index >= 15 is 0 Å². The molecule has 1 aromatic carbocycles. The second-order valence-electron chi connectivity index (χ2n) is 3.71. The van der Waals surface area contributed by atoms with Crippen molar-refractivity contribution in [2.24, 2.45) is 11.7 Å². The van der Waals surface area contributed by atoms with Gasteiger partial charge in [0.25, 0.3) is 0 Å². The third-order valence-electron chi connectivity index (χ3n) is 2.31. The molecule has 10 heteroatoms. The number of hydrogen-bond acceptors (Lipinski definition) is 4. The van der Waals surface area contributed by atoms with Crippen LogP contribution in [0.25, 0.3) is 0 Å². The molecule has 0 saturated heterocycles. The first kappa shape index (κ1) is 16.2. The third kappa shape index (κ3) is 3.83. The maximum atomic E-state index is 12.6. The fourth-order valence-electron chi connectivity index (χ4n) is 1.31. The Morgan fingerprint density at radius 1 is 1.55 bits per heavy atom. The van der Waals surface area contributed by atoms with E-state index in [0.29, 0.717) is 0 Å². The van der Waals surface area contributed by atoms with Crippen molar-refractivity contribution in [3.8, 4) is 5.75 Å². The number of nitrogens with one attached hydrogen (secondary N) is 1. The minimum atomic E-state index is -4.76. The maximum absolute atomic E-state index is 12.6. The van der Waals surface area contributed by atoms with Crippen LogP contribution < -0.4 is 10.5 Å². The van der Waals surface area contributed by atoms with Gasteiger partial charge in [0, 0.05) is 6.07 Å². The van der Waals surface area contributed by atoms with Crippen molar-refractivity contribution in [1.29, 1.82) is 5.41 Å². The number of hydrogen-bond donors (Lipinski definition) is 2. The first-order valence-corrected chi connectivity index (χ1v) is 5.90. The van der Waals surface area contributed by atoms with Crippen molar-refractivity contribution in [2.75, 3.05) is 6.61 Å². The number of nitro groups is 1. The molecule has 6 nitrogen and oxygen atoms in total. The Morgan fingerprint density at radius 3 is 2.60 bits per heavy atom. The van der Waals surface area contributed by atoms with Crippen LogP contribution in [0.3, 0.4) is 0 Å². The number of nitrogens with two attached hydrogens (primary N) is 1. The van der Waals surface area contributed by atoms with Crippen LogP contribution in [-0.4, -0.2) is 23.5 Å². The predicted molar refractivity (Wildman–Crippen MR) is 67.8 cm³/mol. The summed E-state index contributed by atoms with van der Waals surface area (Å²) in [6.07, 6.45) is -4.76. The molecule has 20 heavy (non-hydrogen) atoms. The van der Waals surface area contributed by atoms with Crippen molar-refractivity contribution in [1.82, 2.24) is 0 Å². The number of nitrogens with zero attached hydrogens (tertiary/aromatic N) is 1. The van der Waals surface area contributed by atoms with Gasteiger partial charge in [0.05, 0.1) is 9.40 Å². The summed E-state index contributed by atoms with van der Waals surface area (Å²) < 4.78 is 42.7. The van der Waals surface area contributed by atoms with E-state index in [9.17, 15) is 23.3 Å². The van der Waals surface area contributed by atoms with E-state index in [1.54, 1.807) is 0 Å². The highest BCUT2D eigenvalue weighted by molar-refractivity contribution is 9.10. The number of ether oxygens (including phenoxy) is 1. The lowest BCUT2D eigenvalue weighted by Gasteiger charge is -2.19. The molecule has 0 aliphatic heterocycles. The summed E-state index contributed by atoms with van der Waals surface area (Å²) in [5.41, 5.74) is 4.38. The molecule has 3 N–H and O–H groups in total. The summed E-state index contributed by atoms with van der Waals surface area (Å²) >= 11 is 2.96. The molecule has 1 aromatic rings. The summed E-state index contributed by atoms with van der Waals surface area (Å²) in [5, 5.41) is 17.7. The van der Waals surface area contributed by atoms with Crippen molar-refractivity contribution in [3.63, 3.8) is 0 Å². The lowest BCUT2D eigenvalue weighted by molar-refractivity contribution is -0.386. The molecule has 1 atom stereocenters. The normalized spacial score (nSPS) is 12.8. The third-order valence-corrected chi connectivity index (χ3v) is 2.93. The molecule has 0 saturated carbocycles. The summed E-state index contributed by atoms with van der Waals surface area (Å²) in [4.78, 5) is 9.98.